The molecule has 0 saturated carbocycles. The summed E-state index contributed by atoms with van der Waals surface area (Å²) in [6, 6.07) is 10.6. The van der Waals surface area contributed by atoms with Crippen LogP contribution < -0.4 is 4.57 Å². The molecule has 0 amide bonds. The second-order valence-electron chi connectivity index (χ2n) is 4.64. The van der Waals surface area contributed by atoms with E-state index in [-0.39, 0.29) is 0 Å². The van der Waals surface area contributed by atoms with Crippen molar-refractivity contribution in [2.75, 3.05) is 0 Å². The van der Waals surface area contributed by atoms with Gasteiger partial charge in [-0.15, -0.1) is 0 Å². The van der Waals surface area contributed by atoms with Crippen molar-refractivity contribution in [3.63, 3.8) is 0 Å². The van der Waals surface area contributed by atoms with Gasteiger partial charge in [0.1, 0.15) is 0 Å². The summed E-state index contributed by atoms with van der Waals surface area (Å²) in [4.78, 5) is 4.24. The predicted molar refractivity (Wildman–Crippen MR) is 73.2 cm³/mol. The number of benzene rings is 1. The molecule has 0 atom stereocenters. The van der Waals surface area contributed by atoms with Gasteiger partial charge in [-0.2, -0.15) is 4.57 Å². The SMILES string of the molecule is CCCCCc1cncc[n+]1Cc1ccccc1. The molecule has 0 unspecified atom stereocenters. The average Bonchev–Trinajstić information content (AvgIpc) is 2.42. The van der Waals surface area contributed by atoms with Crippen molar-refractivity contribution in [3.8, 4) is 0 Å². The molecule has 0 aliphatic rings. The molecule has 0 bridgehead atoms. The van der Waals surface area contributed by atoms with Crippen molar-refractivity contribution in [2.45, 2.75) is 39.2 Å². The first-order valence-corrected chi connectivity index (χ1v) is 6.76. The van der Waals surface area contributed by atoms with Crippen LogP contribution in [0.2, 0.25) is 0 Å². The first-order valence-electron chi connectivity index (χ1n) is 6.76. The van der Waals surface area contributed by atoms with Crippen molar-refractivity contribution in [1.29, 1.82) is 0 Å². The third kappa shape index (κ3) is 3.66. The maximum Gasteiger partial charge on any atom is 0.200 e. The molecule has 2 aromatic rings. The molecule has 94 valence electrons. The number of aromatic nitrogens is 2. The molecule has 1 aromatic heterocycles. The number of unbranched alkanes of at least 4 members (excludes halogenated alkanes) is 2. The topological polar surface area (TPSA) is 16.8 Å². The molecule has 2 heteroatoms. The minimum Gasteiger partial charge on any atom is -0.252 e. The van der Waals surface area contributed by atoms with Crippen LogP contribution in [0.25, 0.3) is 0 Å². The Bertz CT molecular complexity index is 466. The smallest absolute Gasteiger partial charge is 0.200 e. The standard InChI is InChI=1S/C16H21N2/c1-2-3-5-10-16-13-17-11-12-18(16)14-15-8-6-4-7-9-15/h4,6-9,11-13H,2-3,5,10,14H2,1H3/q+1. The van der Waals surface area contributed by atoms with E-state index in [1.807, 2.05) is 12.4 Å². The maximum atomic E-state index is 4.24. The number of hydrogen-bond acceptors (Lipinski definition) is 1. The van der Waals surface area contributed by atoms with E-state index in [4.69, 9.17) is 0 Å². The Morgan fingerprint density at radius 1 is 1.11 bits per heavy atom. The largest absolute Gasteiger partial charge is 0.252 e. The quantitative estimate of drug-likeness (QED) is 0.561. The van der Waals surface area contributed by atoms with Crippen LogP contribution in [0.3, 0.4) is 0 Å². The first kappa shape index (κ1) is 12.7. The minimum atomic E-state index is 0.935. The Kier molecular flexibility index (Phi) is 4.88. The van der Waals surface area contributed by atoms with Gasteiger partial charge < -0.3 is 0 Å². The Hall–Kier alpha value is -1.70. The molecule has 0 radical (unpaired) electrons. The molecule has 0 aliphatic carbocycles. The van der Waals surface area contributed by atoms with Gasteiger partial charge in [-0.25, -0.2) is 0 Å². The van der Waals surface area contributed by atoms with E-state index in [0.717, 1.165) is 13.0 Å². The van der Waals surface area contributed by atoms with Gasteiger partial charge >= 0.3 is 0 Å². The second kappa shape index (κ2) is 6.90. The van der Waals surface area contributed by atoms with Crippen LogP contribution in [0.1, 0.15) is 37.4 Å². The lowest BCUT2D eigenvalue weighted by Crippen LogP contribution is -2.38. The van der Waals surface area contributed by atoms with Gasteiger partial charge in [-0.05, 0) is 6.42 Å². The fraction of sp³-hybridized carbons (Fsp3) is 0.375. The van der Waals surface area contributed by atoms with Gasteiger partial charge in [-0.3, -0.25) is 4.98 Å². The van der Waals surface area contributed by atoms with Gasteiger partial charge in [0.15, 0.2) is 18.4 Å². The lowest BCUT2D eigenvalue weighted by molar-refractivity contribution is -0.696. The lowest BCUT2D eigenvalue weighted by Gasteiger charge is -2.03. The van der Waals surface area contributed by atoms with E-state index < -0.39 is 0 Å². The molecule has 1 aromatic carbocycles. The summed E-state index contributed by atoms with van der Waals surface area (Å²) in [5.74, 6) is 0. The van der Waals surface area contributed by atoms with E-state index in [1.165, 1.54) is 30.5 Å². The van der Waals surface area contributed by atoms with E-state index in [2.05, 4.69) is 53.0 Å². The van der Waals surface area contributed by atoms with Crippen LogP contribution in [0.5, 0.6) is 0 Å². The second-order valence-corrected chi connectivity index (χ2v) is 4.64. The van der Waals surface area contributed by atoms with E-state index in [9.17, 15) is 0 Å². The molecule has 0 spiro atoms. The molecule has 2 nitrogen and oxygen atoms in total. The summed E-state index contributed by atoms with van der Waals surface area (Å²) in [6.45, 7) is 3.17. The monoisotopic (exact) mass is 241 g/mol. The molecule has 18 heavy (non-hydrogen) atoms. The molecule has 0 N–H and O–H groups in total. The van der Waals surface area contributed by atoms with Crippen LogP contribution >= 0.6 is 0 Å². The lowest BCUT2D eigenvalue weighted by atomic mass is 10.1. The molecule has 2 rings (SSSR count). The highest BCUT2D eigenvalue weighted by Gasteiger charge is 2.10. The fourth-order valence-electron chi connectivity index (χ4n) is 2.12. The zero-order valence-corrected chi connectivity index (χ0v) is 11.0. The van der Waals surface area contributed by atoms with Crippen LogP contribution in [0.15, 0.2) is 48.9 Å². The highest BCUT2D eigenvalue weighted by Crippen LogP contribution is 2.03. The molecule has 1 heterocycles. The van der Waals surface area contributed by atoms with E-state index in [0.29, 0.717) is 0 Å². The zero-order chi connectivity index (χ0) is 12.6. The van der Waals surface area contributed by atoms with Crippen molar-refractivity contribution in [2.24, 2.45) is 0 Å². The zero-order valence-electron chi connectivity index (χ0n) is 11.0. The van der Waals surface area contributed by atoms with Gasteiger partial charge in [0.05, 0.1) is 12.4 Å². The van der Waals surface area contributed by atoms with Crippen molar-refractivity contribution >= 4 is 0 Å². The van der Waals surface area contributed by atoms with E-state index in [1.54, 1.807) is 0 Å². The molecular weight excluding hydrogens is 220 g/mol. The van der Waals surface area contributed by atoms with Crippen molar-refractivity contribution in [3.05, 3.63) is 60.2 Å². The highest BCUT2D eigenvalue weighted by molar-refractivity contribution is 5.13. The summed E-state index contributed by atoms with van der Waals surface area (Å²) < 4.78 is 2.30. The minimum absolute atomic E-state index is 0.935. The normalized spacial score (nSPS) is 10.5. The Morgan fingerprint density at radius 2 is 1.94 bits per heavy atom. The molecule has 0 fully saturated rings. The summed E-state index contributed by atoms with van der Waals surface area (Å²) in [7, 11) is 0. The average molecular weight is 241 g/mol. The first-order chi connectivity index (χ1) is 8.90. The Balaban J connectivity index is 2.07. The van der Waals surface area contributed by atoms with Crippen LogP contribution in [0.4, 0.5) is 0 Å². The molecule has 0 saturated heterocycles. The van der Waals surface area contributed by atoms with Crippen LogP contribution in [-0.4, -0.2) is 4.98 Å². The highest BCUT2D eigenvalue weighted by atomic mass is 15.0. The van der Waals surface area contributed by atoms with E-state index >= 15 is 0 Å². The Morgan fingerprint density at radius 3 is 2.72 bits per heavy atom. The van der Waals surface area contributed by atoms with Crippen LogP contribution in [0, 0.1) is 0 Å². The number of hydrogen-bond donors (Lipinski definition) is 0. The summed E-state index contributed by atoms with van der Waals surface area (Å²) in [5, 5.41) is 0. The fourth-order valence-corrected chi connectivity index (χ4v) is 2.12. The van der Waals surface area contributed by atoms with Crippen molar-refractivity contribution < 1.29 is 4.57 Å². The molecule has 0 aliphatic heterocycles. The van der Waals surface area contributed by atoms with Gasteiger partial charge in [0.25, 0.3) is 0 Å². The summed E-state index contributed by atoms with van der Waals surface area (Å²) >= 11 is 0. The number of nitrogens with zero attached hydrogens (tertiary/aromatic N) is 2. The Labute approximate surface area is 109 Å². The van der Waals surface area contributed by atoms with Crippen LogP contribution in [-0.2, 0) is 13.0 Å². The van der Waals surface area contributed by atoms with Gasteiger partial charge in [0, 0.05) is 12.0 Å². The van der Waals surface area contributed by atoms with Gasteiger partial charge in [-0.1, -0.05) is 50.1 Å². The third-order valence-corrected chi connectivity index (χ3v) is 3.16. The predicted octanol–water partition coefficient (Wildman–Crippen LogP) is 3.15. The molecular formula is C16H21N2+. The van der Waals surface area contributed by atoms with Crippen molar-refractivity contribution in [1.82, 2.24) is 4.98 Å². The number of aryl methyl sites for hydroxylation is 1. The summed E-state index contributed by atoms with van der Waals surface area (Å²) in [5.41, 5.74) is 2.67. The number of rotatable bonds is 6. The van der Waals surface area contributed by atoms with Gasteiger partial charge in [0.2, 0.25) is 0 Å². The summed E-state index contributed by atoms with van der Waals surface area (Å²) in [6.07, 6.45) is 10.9. The third-order valence-electron chi connectivity index (χ3n) is 3.16. The maximum absolute atomic E-state index is 4.24.